The maximum atomic E-state index is 13.2. The van der Waals surface area contributed by atoms with E-state index in [9.17, 15) is 9.59 Å². The number of amides is 2. The largest absolute Gasteiger partial charge is 0.348 e. The summed E-state index contributed by atoms with van der Waals surface area (Å²) >= 11 is 0. The van der Waals surface area contributed by atoms with E-state index in [0.29, 0.717) is 13.1 Å². The molecule has 2 amide bonds. The van der Waals surface area contributed by atoms with Gasteiger partial charge in [0.05, 0.1) is 12.6 Å². The normalized spacial score (nSPS) is 19.3. The lowest BCUT2D eigenvalue weighted by Gasteiger charge is -2.39. The van der Waals surface area contributed by atoms with Crippen LogP contribution in [-0.4, -0.2) is 45.8 Å². The lowest BCUT2D eigenvalue weighted by molar-refractivity contribution is -0.145. The SMILES string of the molecule is CCN(CC(=O)N1CCn2cccc2C1c1ccccc1)C(=O)C1CCC1. The maximum absolute atomic E-state index is 13.2. The monoisotopic (exact) mass is 365 g/mol. The van der Waals surface area contributed by atoms with Gasteiger partial charge in [0.25, 0.3) is 0 Å². The Labute approximate surface area is 160 Å². The third-order valence-electron chi connectivity index (χ3n) is 5.95. The molecule has 0 saturated heterocycles. The highest BCUT2D eigenvalue weighted by molar-refractivity contribution is 5.86. The first-order chi connectivity index (χ1) is 13.2. The van der Waals surface area contributed by atoms with Gasteiger partial charge >= 0.3 is 0 Å². The molecular weight excluding hydrogens is 338 g/mol. The molecule has 5 heteroatoms. The van der Waals surface area contributed by atoms with Crippen molar-refractivity contribution < 1.29 is 9.59 Å². The van der Waals surface area contributed by atoms with Crippen molar-refractivity contribution in [2.24, 2.45) is 5.92 Å². The molecule has 1 unspecified atom stereocenters. The maximum Gasteiger partial charge on any atom is 0.243 e. The second kappa shape index (κ2) is 7.59. The minimum Gasteiger partial charge on any atom is -0.348 e. The molecular formula is C22H27N3O2. The molecule has 4 rings (SSSR count). The van der Waals surface area contributed by atoms with Gasteiger partial charge in [0.1, 0.15) is 0 Å². The number of carbonyl (C=O) groups is 2. The molecule has 1 aliphatic carbocycles. The van der Waals surface area contributed by atoms with Crippen LogP contribution in [0.4, 0.5) is 0 Å². The number of fused-ring (bicyclic) bond motifs is 1. The van der Waals surface area contributed by atoms with E-state index in [4.69, 9.17) is 0 Å². The molecule has 0 radical (unpaired) electrons. The van der Waals surface area contributed by atoms with E-state index in [-0.39, 0.29) is 30.3 Å². The molecule has 0 bridgehead atoms. The standard InChI is InChI=1S/C22H27N3O2/c1-2-23(22(27)18-10-6-11-18)16-20(26)25-15-14-24-13-7-12-19(24)21(25)17-8-4-3-5-9-17/h3-5,7-9,12-13,18,21H,2,6,10-11,14-16H2,1H3. The third-order valence-corrected chi connectivity index (χ3v) is 5.95. The number of hydrogen-bond donors (Lipinski definition) is 0. The fourth-order valence-electron chi connectivity index (χ4n) is 4.15. The molecule has 27 heavy (non-hydrogen) atoms. The van der Waals surface area contributed by atoms with Crippen molar-refractivity contribution in [1.82, 2.24) is 14.4 Å². The first-order valence-electron chi connectivity index (χ1n) is 9.97. The van der Waals surface area contributed by atoms with E-state index in [0.717, 1.165) is 37.1 Å². The molecule has 1 saturated carbocycles. The van der Waals surface area contributed by atoms with E-state index in [1.165, 1.54) is 0 Å². The number of rotatable bonds is 5. The van der Waals surface area contributed by atoms with Gasteiger partial charge in [-0.15, -0.1) is 0 Å². The summed E-state index contributed by atoms with van der Waals surface area (Å²) in [5, 5.41) is 0. The highest BCUT2D eigenvalue weighted by Crippen LogP contribution is 2.33. The van der Waals surface area contributed by atoms with E-state index >= 15 is 0 Å². The van der Waals surface area contributed by atoms with Gasteiger partial charge in [-0.3, -0.25) is 9.59 Å². The van der Waals surface area contributed by atoms with Crippen molar-refractivity contribution in [3.63, 3.8) is 0 Å². The van der Waals surface area contributed by atoms with Gasteiger partial charge in [-0.05, 0) is 37.5 Å². The fraction of sp³-hybridized carbons (Fsp3) is 0.455. The van der Waals surface area contributed by atoms with Gasteiger partial charge in [0.2, 0.25) is 11.8 Å². The molecule has 2 aromatic rings. The molecule has 0 N–H and O–H groups in total. The number of aromatic nitrogens is 1. The lowest BCUT2D eigenvalue weighted by atomic mass is 9.84. The lowest BCUT2D eigenvalue weighted by Crippen LogP contribution is -2.49. The second-order valence-corrected chi connectivity index (χ2v) is 7.51. The Hall–Kier alpha value is -2.56. The van der Waals surface area contributed by atoms with Crippen LogP contribution in [0.2, 0.25) is 0 Å². The molecule has 5 nitrogen and oxygen atoms in total. The zero-order valence-electron chi connectivity index (χ0n) is 15.9. The summed E-state index contributed by atoms with van der Waals surface area (Å²) in [6, 6.07) is 14.2. The topological polar surface area (TPSA) is 45.6 Å². The van der Waals surface area contributed by atoms with Crippen molar-refractivity contribution in [3.8, 4) is 0 Å². The highest BCUT2D eigenvalue weighted by atomic mass is 16.2. The van der Waals surface area contributed by atoms with Crippen molar-refractivity contribution in [2.45, 2.75) is 38.8 Å². The summed E-state index contributed by atoms with van der Waals surface area (Å²) in [6.07, 6.45) is 5.13. The molecule has 2 heterocycles. The summed E-state index contributed by atoms with van der Waals surface area (Å²) in [5.74, 6) is 0.306. The number of likely N-dealkylation sites (N-methyl/N-ethyl adjacent to an activating group) is 1. The van der Waals surface area contributed by atoms with E-state index in [1.807, 2.05) is 36.1 Å². The van der Waals surface area contributed by atoms with Crippen LogP contribution in [0.1, 0.15) is 43.5 Å². The van der Waals surface area contributed by atoms with Crippen LogP contribution in [-0.2, 0) is 16.1 Å². The van der Waals surface area contributed by atoms with Gasteiger partial charge in [0, 0.05) is 37.4 Å². The summed E-state index contributed by atoms with van der Waals surface area (Å²) in [7, 11) is 0. The molecule has 0 spiro atoms. The zero-order chi connectivity index (χ0) is 18.8. The zero-order valence-corrected chi connectivity index (χ0v) is 15.9. The predicted octanol–water partition coefficient (Wildman–Crippen LogP) is 3.07. The number of carbonyl (C=O) groups excluding carboxylic acids is 2. The Morgan fingerprint density at radius 3 is 2.52 bits per heavy atom. The molecule has 2 aliphatic rings. The summed E-state index contributed by atoms with van der Waals surface area (Å²) < 4.78 is 2.22. The molecule has 1 aromatic carbocycles. The Kier molecular flexibility index (Phi) is 5.01. The van der Waals surface area contributed by atoms with Gasteiger partial charge in [-0.1, -0.05) is 36.8 Å². The molecule has 1 atom stereocenters. The fourth-order valence-corrected chi connectivity index (χ4v) is 4.15. The van der Waals surface area contributed by atoms with Gasteiger partial charge in [-0.2, -0.15) is 0 Å². The Bertz CT molecular complexity index is 810. The van der Waals surface area contributed by atoms with Crippen molar-refractivity contribution in [2.75, 3.05) is 19.6 Å². The van der Waals surface area contributed by atoms with Crippen LogP contribution in [0.25, 0.3) is 0 Å². The van der Waals surface area contributed by atoms with Crippen molar-refractivity contribution in [3.05, 3.63) is 59.9 Å². The van der Waals surface area contributed by atoms with Gasteiger partial charge in [-0.25, -0.2) is 0 Å². The number of nitrogens with zero attached hydrogens (tertiary/aromatic N) is 3. The second-order valence-electron chi connectivity index (χ2n) is 7.51. The first-order valence-corrected chi connectivity index (χ1v) is 9.97. The quantitative estimate of drug-likeness (QED) is 0.817. The van der Waals surface area contributed by atoms with Gasteiger partial charge < -0.3 is 14.4 Å². The van der Waals surface area contributed by atoms with Crippen LogP contribution in [0.5, 0.6) is 0 Å². The predicted molar refractivity (Wildman–Crippen MR) is 104 cm³/mol. The minimum atomic E-state index is -0.0973. The summed E-state index contributed by atoms with van der Waals surface area (Å²) in [4.78, 5) is 29.6. The van der Waals surface area contributed by atoms with Crippen molar-refractivity contribution >= 4 is 11.8 Å². The first kappa shape index (κ1) is 17.8. The van der Waals surface area contributed by atoms with Crippen molar-refractivity contribution in [1.29, 1.82) is 0 Å². The third kappa shape index (κ3) is 3.38. The summed E-state index contributed by atoms with van der Waals surface area (Å²) in [5.41, 5.74) is 2.24. The van der Waals surface area contributed by atoms with Crippen LogP contribution in [0, 0.1) is 5.92 Å². The van der Waals surface area contributed by atoms with Crippen LogP contribution >= 0.6 is 0 Å². The number of hydrogen-bond acceptors (Lipinski definition) is 2. The van der Waals surface area contributed by atoms with Crippen LogP contribution in [0.15, 0.2) is 48.7 Å². The van der Waals surface area contributed by atoms with Gasteiger partial charge in [0.15, 0.2) is 0 Å². The minimum absolute atomic E-state index is 0.0332. The van der Waals surface area contributed by atoms with Crippen LogP contribution < -0.4 is 0 Å². The molecule has 1 aliphatic heterocycles. The average molecular weight is 365 g/mol. The smallest absolute Gasteiger partial charge is 0.243 e. The molecule has 1 fully saturated rings. The summed E-state index contributed by atoms with van der Waals surface area (Å²) in [6.45, 7) is 4.17. The van der Waals surface area contributed by atoms with E-state index in [1.54, 1.807) is 4.90 Å². The molecule has 142 valence electrons. The van der Waals surface area contributed by atoms with E-state index < -0.39 is 0 Å². The highest BCUT2D eigenvalue weighted by Gasteiger charge is 2.35. The average Bonchev–Trinajstić information content (AvgIpc) is 3.13. The number of benzene rings is 1. The molecule has 1 aromatic heterocycles. The van der Waals surface area contributed by atoms with E-state index in [2.05, 4.69) is 29.0 Å². The Balaban J connectivity index is 1.57. The Morgan fingerprint density at radius 1 is 1.07 bits per heavy atom. The Morgan fingerprint density at radius 2 is 1.85 bits per heavy atom. The van der Waals surface area contributed by atoms with Crippen LogP contribution in [0.3, 0.4) is 0 Å².